The number of carbonyl (C=O) groups is 2. The molecule has 0 aliphatic rings. The summed E-state index contributed by atoms with van der Waals surface area (Å²) in [6.07, 6.45) is -0.0277. The highest BCUT2D eigenvalue weighted by Crippen LogP contribution is 2.15. The van der Waals surface area contributed by atoms with Crippen molar-refractivity contribution in [1.29, 1.82) is 0 Å². The van der Waals surface area contributed by atoms with Crippen LogP contribution in [-0.2, 0) is 24.3 Å². The molecule has 0 saturated carbocycles. The van der Waals surface area contributed by atoms with Crippen LogP contribution in [0, 0.1) is 11.6 Å². The molecule has 0 saturated heterocycles. The first-order valence-corrected chi connectivity index (χ1v) is 8.05. The Morgan fingerprint density at radius 3 is 2.57 bits per heavy atom. The summed E-state index contributed by atoms with van der Waals surface area (Å²) in [6.45, 7) is -0.559. The molecule has 1 aromatic rings. The van der Waals surface area contributed by atoms with Crippen molar-refractivity contribution in [2.45, 2.75) is 17.7 Å². The molecule has 2 N–H and O–H groups in total. The minimum Gasteiger partial charge on any atom is -0.456 e. The van der Waals surface area contributed by atoms with Gasteiger partial charge in [0.25, 0.3) is 5.91 Å². The number of carbonyl (C=O) groups excluding carboxylic acids is 2. The second-order valence-corrected chi connectivity index (χ2v) is 6.15. The van der Waals surface area contributed by atoms with Crippen LogP contribution in [0.3, 0.4) is 0 Å². The molecule has 1 rings (SSSR count). The zero-order chi connectivity index (χ0) is 17.5. The Morgan fingerprint density at radius 2 is 1.96 bits per heavy atom. The first kappa shape index (κ1) is 19.0. The number of hydrogen-bond acceptors (Lipinski definition) is 5. The molecule has 0 fully saturated rings. The molecule has 0 unspecified atom stereocenters. The van der Waals surface area contributed by atoms with Crippen LogP contribution < -0.4 is 10.0 Å². The fourth-order valence-electron chi connectivity index (χ4n) is 1.50. The van der Waals surface area contributed by atoms with Crippen molar-refractivity contribution in [2.75, 3.05) is 20.2 Å². The van der Waals surface area contributed by atoms with E-state index in [9.17, 15) is 26.8 Å². The summed E-state index contributed by atoms with van der Waals surface area (Å²) in [4.78, 5) is 21.4. The Kier molecular flexibility index (Phi) is 7.04. The van der Waals surface area contributed by atoms with E-state index in [1.165, 1.54) is 7.05 Å². The van der Waals surface area contributed by atoms with Crippen molar-refractivity contribution >= 4 is 21.9 Å². The quantitative estimate of drug-likeness (QED) is 0.519. The lowest BCUT2D eigenvalue weighted by molar-refractivity contribution is -0.148. The summed E-state index contributed by atoms with van der Waals surface area (Å²) in [6, 6.07) is 2.10. The van der Waals surface area contributed by atoms with Crippen LogP contribution in [0.2, 0.25) is 0 Å². The first-order chi connectivity index (χ1) is 10.8. The normalized spacial score (nSPS) is 11.1. The van der Waals surface area contributed by atoms with Crippen molar-refractivity contribution < 1.29 is 31.5 Å². The molecule has 0 aliphatic heterocycles. The lowest BCUT2D eigenvalue weighted by atomic mass is 10.3. The fraction of sp³-hybridized carbons (Fsp3) is 0.385. The van der Waals surface area contributed by atoms with Crippen LogP contribution >= 0.6 is 0 Å². The van der Waals surface area contributed by atoms with Crippen molar-refractivity contribution in [2.24, 2.45) is 0 Å². The van der Waals surface area contributed by atoms with E-state index in [0.29, 0.717) is 6.07 Å². The van der Waals surface area contributed by atoms with Crippen LogP contribution in [0.1, 0.15) is 12.8 Å². The lowest BCUT2D eigenvalue weighted by Crippen LogP contribution is -2.27. The number of ether oxygens (including phenoxy) is 1. The maximum Gasteiger partial charge on any atom is 0.306 e. The van der Waals surface area contributed by atoms with Crippen molar-refractivity contribution in [3.8, 4) is 0 Å². The van der Waals surface area contributed by atoms with Gasteiger partial charge in [-0.3, -0.25) is 9.59 Å². The van der Waals surface area contributed by atoms with Gasteiger partial charge in [-0.05, 0) is 18.6 Å². The van der Waals surface area contributed by atoms with E-state index in [-0.39, 0.29) is 19.4 Å². The molecular formula is C13H16F2N2O5S. The molecule has 1 aromatic carbocycles. The second-order valence-electron chi connectivity index (χ2n) is 4.41. The predicted molar refractivity (Wildman–Crippen MR) is 75.8 cm³/mol. The average molecular weight is 350 g/mol. The number of rotatable bonds is 8. The maximum atomic E-state index is 13.4. The monoisotopic (exact) mass is 350 g/mol. The van der Waals surface area contributed by atoms with Crippen molar-refractivity contribution in [3.63, 3.8) is 0 Å². The third-order valence-electron chi connectivity index (χ3n) is 2.68. The summed E-state index contributed by atoms with van der Waals surface area (Å²) >= 11 is 0. The molecule has 10 heteroatoms. The molecule has 0 heterocycles. The van der Waals surface area contributed by atoms with Gasteiger partial charge in [0.2, 0.25) is 10.0 Å². The van der Waals surface area contributed by atoms with Gasteiger partial charge in [-0.15, -0.1) is 0 Å². The summed E-state index contributed by atoms with van der Waals surface area (Å²) in [5, 5.41) is 2.26. The molecule has 128 valence electrons. The van der Waals surface area contributed by atoms with Crippen LogP contribution in [0.25, 0.3) is 0 Å². The van der Waals surface area contributed by atoms with E-state index in [4.69, 9.17) is 0 Å². The van der Waals surface area contributed by atoms with Gasteiger partial charge in [-0.1, -0.05) is 0 Å². The highest BCUT2D eigenvalue weighted by atomic mass is 32.2. The standard InChI is InChI=1S/C13H16F2N2O5S/c1-16-12(18)8-22-13(19)3-2-6-17-23(20,21)11-5-4-9(14)7-10(11)15/h4-5,7,17H,2-3,6,8H2,1H3,(H,16,18). The summed E-state index contributed by atoms with van der Waals surface area (Å²) in [7, 11) is -2.75. The van der Waals surface area contributed by atoms with E-state index in [1.54, 1.807) is 0 Å². The number of amides is 1. The van der Waals surface area contributed by atoms with Crippen LogP contribution in [0.5, 0.6) is 0 Å². The number of nitrogens with one attached hydrogen (secondary N) is 2. The molecule has 0 bridgehead atoms. The Hall–Kier alpha value is -2.07. The molecule has 0 atom stereocenters. The van der Waals surface area contributed by atoms with Crippen LogP contribution in [0.15, 0.2) is 23.1 Å². The zero-order valence-electron chi connectivity index (χ0n) is 12.3. The highest BCUT2D eigenvalue weighted by Gasteiger charge is 2.19. The summed E-state index contributed by atoms with van der Waals surface area (Å²) < 4.78 is 56.5. The average Bonchev–Trinajstić information content (AvgIpc) is 2.48. The topological polar surface area (TPSA) is 102 Å². The summed E-state index contributed by atoms with van der Waals surface area (Å²) in [5.74, 6) is -3.23. The minimum absolute atomic E-state index is 0.0919. The number of hydrogen-bond donors (Lipinski definition) is 2. The molecule has 0 aromatic heterocycles. The lowest BCUT2D eigenvalue weighted by Gasteiger charge is -2.08. The van der Waals surface area contributed by atoms with E-state index >= 15 is 0 Å². The van der Waals surface area contributed by atoms with Crippen LogP contribution in [-0.4, -0.2) is 40.5 Å². The van der Waals surface area contributed by atoms with Gasteiger partial charge in [0.1, 0.15) is 16.5 Å². The van der Waals surface area contributed by atoms with Gasteiger partial charge < -0.3 is 10.1 Å². The van der Waals surface area contributed by atoms with Crippen molar-refractivity contribution in [3.05, 3.63) is 29.8 Å². The third-order valence-corrected chi connectivity index (χ3v) is 4.17. The maximum absolute atomic E-state index is 13.4. The van der Waals surface area contributed by atoms with E-state index in [2.05, 4.69) is 14.8 Å². The molecule has 0 aliphatic carbocycles. The molecule has 7 nitrogen and oxygen atoms in total. The SMILES string of the molecule is CNC(=O)COC(=O)CCCNS(=O)(=O)c1ccc(F)cc1F. The van der Waals surface area contributed by atoms with E-state index in [0.717, 1.165) is 12.1 Å². The molecule has 0 spiro atoms. The Morgan fingerprint density at radius 1 is 1.26 bits per heavy atom. The van der Waals surface area contributed by atoms with Gasteiger partial charge in [0.15, 0.2) is 6.61 Å². The highest BCUT2D eigenvalue weighted by molar-refractivity contribution is 7.89. The minimum atomic E-state index is -4.14. The van der Waals surface area contributed by atoms with Gasteiger partial charge in [-0.25, -0.2) is 21.9 Å². The predicted octanol–water partition coefficient (Wildman–Crippen LogP) is 0.312. The van der Waals surface area contributed by atoms with E-state index in [1.807, 2.05) is 0 Å². The number of halogens is 2. The van der Waals surface area contributed by atoms with Crippen LogP contribution in [0.4, 0.5) is 8.78 Å². The fourth-order valence-corrected chi connectivity index (χ4v) is 2.63. The van der Waals surface area contributed by atoms with E-state index < -0.39 is 45.0 Å². The number of likely N-dealkylation sites (N-methyl/N-ethyl adjacent to an activating group) is 1. The molecular weight excluding hydrogens is 334 g/mol. The third kappa shape index (κ3) is 6.28. The number of benzene rings is 1. The molecule has 1 amide bonds. The molecule has 23 heavy (non-hydrogen) atoms. The van der Waals surface area contributed by atoms with Gasteiger partial charge >= 0.3 is 5.97 Å². The molecule has 0 radical (unpaired) electrons. The smallest absolute Gasteiger partial charge is 0.306 e. The van der Waals surface area contributed by atoms with Gasteiger partial charge in [0, 0.05) is 26.1 Å². The Balaban J connectivity index is 2.42. The number of esters is 1. The van der Waals surface area contributed by atoms with Gasteiger partial charge in [0.05, 0.1) is 0 Å². The van der Waals surface area contributed by atoms with Crippen molar-refractivity contribution in [1.82, 2.24) is 10.0 Å². The first-order valence-electron chi connectivity index (χ1n) is 6.57. The van der Waals surface area contributed by atoms with Gasteiger partial charge in [-0.2, -0.15) is 0 Å². The Labute approximate surface area is 132 Å². The Bertz CT molecular complexity index is 679. The zero-order valence-corrected chi connectivity index (χ0v) is 13.1. The largest absolute Gasteiger partial charge is 0.456 e. The number of sulfonamides is 1. The summed E-state index contributed by atoms with van der Waals surface area (Å²) in [5.41, 5.74) is 0. The second kappa shape index (κ2) is 8.53.